The second-order valence-electron chi connectivity index (χ2n) is 3.98. The third kappa shape index (κ3) is 2.57. The van der Waals surface area contributed by atoms with E-state index in [0.29, 0.717) is 0 Å². The average Bonchev–Trinajstić information content (AvgIpc) is 2.05. The molecule has 0 saturated heterocycles. The number of hydrogen-bond acceptors (Lipinski definition) is 2. The highest BCUT2D eigenvalue weighted by atomic mass is 28.3. The second kappa shape index (κ2) is 3.94. The van der Waals surface area contributed by atoms with Gasteiger partial charge in [0.25, 0.3) is 0 Å². The van der Waals surface area contributed by atoms with Crippen LogP contribution in [-0.2, 0) is 4.84 Å². The van der Waals surface area contributed by atoms with Crippen LogP contribution >= 0.6 is 0 Å². The van der Waals surface area contributed by atoms with Crippen LogP contribution in [0.15, 0.2) is 30.3 Å². The highest BCUT2D eigenvalue weighted by Gasteiger charge is 2.24. The van der Waals surface area contributed by atoms with Crippen molar-refractivity contribution in [2.75, 3.05) is 11.8 Å². The molecule has 1 aromatic rings. The number of rotatable bonds is 3. The van der Waals surface area contributed by atoms with Crippen molar-refractivity contribution in [2.24, 2.45) is 0 Å². The molecule has 1 rings (SSSR count). The SMILES string of the molecule is CON(c1ccccc1)[Si](C)(C)C. The van der Waals surface area contributed by atoms with E-state index < -0.39 is 8.24 Å². The van der Waals surface area contributed by atoms with E-state index in [1.165, 1.54) is 0 Å². The molecule has 0 spiro atoms. The summed E-state index contributed by atoms with van der Waals surface area (Å²) in [6.45, 7) is 6.76. The lowest BCUT2D eigenvalue weighted by molar-refractivity contribution is 0.212. The molecule has 3 heteroatoms. The number of benzene rings is 1. The van der Waals surface area contributed by atoms with E-state index in [1.54, 1.807) is 7.11 Å². The van der Waals surface area contributed by atoms with Crippen LogP contribution in [0.5, 0.6) is 0 Å². The van der Waals surface area contributed by atoms with Crippen LogP contribution in [0.4, 0.5) is 5.69 Å². The number of nitrogens with zero attached hydrogens (tertiary/aromatic N) is 1. The number of para-hydroxylation sites is 1. The zero-order valence-electron chi connectivity index (χ0n) is 8.74. The molecule has 0 bridgehead atoms. The van der Waals surface area contributed by atoms with Gasteiger partial charge in [0.2, 0.25) is 0 Å². The molecule has 0 unspecified atom stereocenters. The summed E-state index contributed by atoms with van der Waals surface area (Å²) in [5, 5.41) is 0. The highest BCUT2D eigenvalue weighted by Crippen LogP contribution is 2.20. The van der Waals surface area contributed by atoms with E-state index in [4.69, 9.17) is 4.84 Å². The molecular weight excluding hydrogens is 178 g/mol. The molecule has 0 aliphatic carbocycles. The van der Waals surface area contributed by atoms with Crippen LogP contribution in [0.25, 0.3) is 0 Å². The molecule has 13 heavy (non-hydrogen) atoms. The van der Waals surface area contributed by atoms with Gasteiger partial charge in [0.1, 0.15) is 0 Å². The Morgan fingerprint density at radius 3 is 2.00 bits per heavy atom. The maximum atomic E-state index is 5.40. The van der Waals surface area contributed by atoms with Crippen molar-refractivity contribution in [3.05, 3.63) is 30.3 Å². The highest BCUT2D eigenvalue weighted by molar-refractivity contribution is 6.79. The summed E-state index contributed by atoms with van der Waals surface area (Å²) in [5.74, 6) is 0. The topological polar surface area (TPSA) is 12.5 Å². The molecule has 0 saturated carbocycles. The molecule has 1 aromatic carbocycles. The van der Waals surface area contributed by atoms with Crippen molar-refractivity contribution in [1.29, 1.82) is 0 Å². The minimum Gasteiger partial charge on any atom is -0.285 e. The maximum Gasteiger partial charge on any atom is 0.182 e. The Labute approximate surface area is 81.2 Å². The predicted octanol–water partition coefficient (Wildman–Crippen LogP) is 2.89. The average molecular weight is 195 g/mol. The zero-order valence-corrected chi connectivity index (χ0v) is 9.74. The van der Waals surface area contributed by atoms with Crippen LogP contribution in [0, 0.1) is 0 Å². The smallest absolute Gasteiger partial charge is 0.182 e. The lowest BCUT2D eigenvalue weighted by Gasteiger charge is -2.33. The van der Waals surface area contributed by atoms with Crippen molar-refractivity contribution in [3.8, 4) is 0 Å². The fourth-order valence-electron chi connectivity index (χ4n) is 1.33. The van der Waals surface area contributed by atoms with Crippen LogP contribution in [0.1, 0.15) is 0 Å². The van der Waals surface area contributed by atoms with Crippen LogP contribution in [0.2, 0.25) is 19.6 Å². The molecule has 0 atom stereocenters. The number of anilines is 1. The third-order valence-electron chi connectivity index (χ3n) is 1.78. The first kappa shape index (κ1) is 10.3. The van der Waals surface area contributed by atoms with Crippen LogP contribution in [-0.4, -0.2) is 15.3 Å². The molecular formula is C10H17NOSi. The lowest BCUT2D eigenvalue weighted by atomic mass is 10.3. The van der Waals surface area contributed by atoms with Gasteiger partial charge in [-0.3, -0.25) is 9.57 Å². The molecule has 0 amide bonds. The third-order valence-corrected chi connectivity index (χ3v) is 3.44. The van der Waals surface area contributed by atoms with Gasteiger partial charge in [0.15, 0.2) is 8.24 Å². The Morgan fingerprint density at radius 1 is 1.08 bits per heavy atom. The summed E-state index contributed by atoms with van der Waals surface area (Å²) in [7, 11) is 0.311. The van der Waals surface area contributed by atoms with Gasteiger partial charge in [-0.25, -0.2) is 0 Å². The van der Waals surface area contributed by atoms with Gasteiger partial charge >= 0.3 is 0 Å². The van der Waals surface area contributed by atoms with Gasteiger partial charge in [-0.05, 0) is 31.8 Å². The van der Waals surface area contributed by atoms with E-state index in [1.807, 2.05) is 22.9 Å². The number of hydrogen-bond donors (Lipinski definition) is 0. The Balaban J connectivity index is 2.92. The molecule has 0 aliphatic rings. The molecule has 0 fully saturated rings. The fraction of sp³-hybridized carbons (Fsp3) is 0.400. The van der Waals surface area contributed by atoms with Crippen molar-refractivity contribution in [1.82, 2.24) is 0 Å². The summed E-state index contributed by atoms with van der Waals surface area (Å²) in [5.41, 5.74) is 1.14. The molecule has 0 aliphatic heterocycles. The van der Waals surface area contributed by atoms with Gasteiger partial charge < -0.3 is 0 Å². The summed E-state index contributed by atoms with van der Waals surface area (Å²) in [6, 6.07) is 10.2. The summed E-state index contributed by atoms with van der Waals surface area (Å²) >= 11 is 0. The van der Waals surface area contributed by atoms with Crippen molar-refractivity contribution < 1.29 is 4.84 Å². The van der Waals surface area contributed by atoms with Gasteiger partial charge in [0, 0.05) is 0 Å². The van der Waals surface area contributed by atoms with E-state index in [-0.39, 0.29) is 0 Å². The molecule has 0 radical (unpaired) electrons. The predicted molar refractivity (Wildman–Crippen MR) is 59.3 cm³/mol. The van der Waals surface area contributed by atoms with E-state index in [2.05, 4.69) is 31.8 Å². The quantitative estimate of drug-likeness (QED) is 0.543. The Hall–Kier alpha value is -0.803. The normalized spacial score (nSPS) is 11.4. The first-order valence-corrected chi connectivity index (χ1v) is 7.90. The Morgan fingerprint density at radius 2 is 1.62 bits per heavy atom. The monoisotopic (exact) mass is 195 g/mol. The van der Waals surface area contributed by atoms with E-state index in [9.17, 15) is 0 Å². The van der Waals surface area contributed by atoms with Gasteiger partial charge in [-0.1, -0.05) is 18.2 Å². The zero-order chi connectivity index (χ0) is 9.90. The van der Waals surface area contributed by atoms with Crippen LogP contribution in [0.3, 0.4) is 0 Å². The first-order valence-electron chi connectivity index (χ1n) is 4.45. The van der Waals surface area contributed by atoms with Gasteiger partial charge in [-0.15, -0.1) is 0 Å². The van der Waals surface area contributed by atoms with Crippen molar-refractivity contribution in [2.45, 2.75) is 19.6 Å². The molecule has 0 heterocycles. The minimum absolute atomic E-state index is 1.14. The fourth-order valence-corrected chi connectivity index (χ4v) is 2.80. The summed E-state index contributed by atoms with van der Waals surface area (Å²) in [4.78, 5) is 5.40. The van der Waals surface area contributed by atoms with Crippen molar-refractivity contribution >= 4 is 13.9 Å². The minimum atomic E-state index is -1.42. The first-order chi connectivity index (χ1) is 6.05. The van der Waals surface area contributed by atoms with Crippen molar-refractivity contribution in [3.63, 3.8) is 0 Å². The molecule has 0 N–H and O–H groups in total. The van der Waals surface area contributed by atoms with Crippen LogP contribution < -0.4 is 4.73 Å². The van der Waals surface area contributed by atoms with Gasteiger partial charge in [-0.2, -0.15) is 0 Å². The summed E-state index contributed by atoms with van der Waals surface area (Å²) < 4.78 is 2.03. The maximum absolute atomic E-state index is 5.40. The van der Waals surface area contributed by atoms with E-state index >= 15 is 0 Å². The largest absolute Gasteiger partial charge is 0.285 e. The summed E-state index contributed by atoms with van der Waals surface area (Å²) in [6.07, 6.45) is 0. The second-order valence-corrected chi connectivity index (χ2v) is 8.73. The van der Waals surface area contributed by atoms with Gasteiger partial charge in [0.05, 0.1) is 12.8 Å². The molecule has 0 aromatic heterocycles. The van der Waals surface area contributed by atoms with E-state index in [0.717, 1.165) is 5.69 Å². The standard InChI is InChI=1S/C10H17NOSi/c1-12-11(13(2,3)4)10-8-6-5-7-9-10/h5-9H,1-4H3. The Kier molecular flexibility index (Phi) is 3.11. The lowest BCUT2D eigenvalue weighted by Crippen LogP contribution is -2.45. The Bertz CT molecular complexity index is 255. The molecule has 2 nitrogen and oxygen atoms in total. The molecule has 72 valence electrons.